The van der Waals surface area contributed by atoms with Crippen LogP contribution in [0.3, 0.4) is 0 Å². The highest BCUT2D eigenvalue weighted by Gasteiger charge is 2.43. The number of rotatable bonds is 1. The van der Waals surface area contributed by atoms with Crippen LogP contribution < -0.4 is 5.46 Å². The Morgan fingerprint density at radius 3 is 2.39 bits per heavy atom. The maximum absolute atomic E-state index is 12.4. The minimum atomic E-state index is -3.31. The van der Waals surface area contributed by atoms with E-state index in [0.29, 0.717) is 22.3 Å². The topological polar surface area (TPSA) is 74.6 Å². The SMILES string of the molecule is CC(C)(C)C1Cc2cc(B(O)O)ccc2S1(=O)=O. The van der Waals surface area contributed by atoms with E-state index in [-0.39, 0.29) is 5.41 Å². The molecule has 0 saturated carbocycles. The second-order valence-electron chi connectivity index (χ2n) is 5.84. The second kappa shape index (κ2) is 4.08. The normalized spacial score (nSPS) is 21.7. The van der Waals surface area contributed by atoms with Gasteiger partial charge in [0.15, 0.2) is 9.84 Å². The molecule has 1 unspecified atom stereocenters. The molecule has 6 heteroatoms. The molecule has 0 spiro atoms. The molecule has 0 saturated heterocycles. The smallest absolute Gasteiger partial charge is 0.423 e. The van der Waals surface area contributed by atoms with Crippen molar-refractivity contribution in [2.45, 2.75) is 37.3 Å². The number of benzene rings is 1. The molecule has 0 aliphatic carbocycles. The third kappa shape index (κ3) is 2.09. The van der Waals surface area contributed by atoms with E-state index in [1.807, 2.05) is 20.8 Å². The lowest BCUT2D eigenvalue weighted by atomic mass is 9.79. The van der Waals surface area contributed by atoms with Crippen molar-refractivity contribution in [2.75, 3.05) is 0 Å². The van der Waals surface area contributed by atoms with Crippen LogP contribution in [0.4, 0.5) is 0 Å². The Hall–Kier alpha value is -0.845. The van der Waals surface area contributed by atoms with Crippen LogP contribution in [0.1, 0.15) is 26.3 Å². The van der Waals surface area contributed by atoms with Crippen LogP contribution in [0.2, 0.25) is 0 Å². The Kier molecular flexibility index (Phi) is 3.08. The number of fused-ring (bicyclic) bond motifs is 1. The molecule has 1 aromatic carbocycles. The van der Waals surface area contributed by atoms with Crippen molar-refractivity contribution < 1.29 is 18.5 Å². The molecule has 2 N–H and O–H groups in total. The maximum Gasteiger partial charge on any atom is 0.488 e. The third-order valence-corrected chi connectivity index (χ3v) is 6.07. The monoisotopic (exact) mass is 268 g/mol. The minimum Gasteiger partial charge on any atom is -0.423 e. The van der Waals surface area contributed by atoms with E-state index < -0.39 is 22.2 Å². The van der Waals surface area contributed by atoms with Gasteiger partial charge in [0.1, 0.15) is 0 Å². The van der Waals surface area contributed by atoms with Crippen molar-refractivity contribution in [3.8, 4) is 0 Å². The summed E-state index contributed by atoms with van der Waals surface area (Å²) in [4.78, 5) is 0.326. The molecule has 0 bridgehead atoms. The fraction of sp³-hybridized carbons (Fsp3) is 0.500. The quantitative estimate of drug-likeness (QED) is 0.709. The van der Waals surface area contributed by atoms with Gasteiger partial charge in [0.25, 0.3) is 0 Å². The predicted octanol–water partition coefficient (Wildman–Crippen LogP) is 0.111. The maximum atomic E-state index is 12.4. The van der Waals surface area contributed by atoms with Gasteiger partial charge in [-0.3, -0.25) is 0 Å². The van der Waals surface area contributed by atoms with Crippen LogP contribution in [-0.2, 0) is 16.3 Å². The van der Waals surface area contributed by atoms with Gasteiger partial charge in [-0.05, 0) is 28.9 Å². The first-order valence-electron chi connectivity index (χ1n) is 5.87. The molecule has 4 nitrogen and oxygen atoms in total. The van der Waals surface area contributed by atoms with Gasteiger partial charge in [0.2, 0.25) is 0 Å². The van der Waals surface area contributed by atoms with E-state index >= 15 is 0 Å². The largest absolute Gasteiger partial charge is 0.488 e. The highest BCUT2D eigenvalue weighted by Crippen LogP contribution is 2.39. The lowest BCUT2D eigenvalue weighted by Gasteiger charge is -2.25. The average molecular weight is 268 g/mol. The Labute approximate surface area is 108 Å². The summed E-state index contributed by atoms with van der Waals surface area (Å²) in [6, 6.07) is 4.50. The zero-order chi connectivity index (χ0) is 13.7. The zero-order valence-corrected chi connectivity index (χ0v) is 11.5. The highest BCUT2D eigenvalue weighted by atomic mass is 32.2. The summed E-state index contributed by atoms with van der Waals surface area (Å²) in [6.45, 7) is 5.72. The molecule has 0 radical (unpaired) electrons. The molecule has 0 fully saturated rings. The summed E-state index contributed by atoms with van der Waals surface area (Å²) < 4.78 is 24.8. The Morgan fingerprint density at radius 1 is 1.28 bits per heavy atom. The van der Waals surface area contributed by atoms with Gasteiger partial charge < -0.3 is 10.0 Å². The number of sulfone groups is 1. The molecule has 1 atom stereocenters. The molecule has 2 rings (SSSR count). The number of hydrogen-bond acceptors (Lipinski definition) is 4. The molecule has 98 valence electrons. The second-order valence-corrected chi connectivity index (χ2v) is 7.94. The zero-order valence-electron chi connectivity index (χ0n) is 10.7. The van der Waals surface area contributed by atoms with Gasteiger partial charge in [0.05, 0.1) is 10.1 Å². The Bertz CT molecular complexity index is 572. The molecule has 1 aliphatic heterocycles. The number of hydrogen-bond donors (Lipinski definition) is 2. The van der Waals surface area contributed by atoms with Gasteiger partial charge in [-0.2, -0.15) is 0 Å². The molecular weight excluding hydrogens is 251 g/mol. The highest BCUT2D eigenvalue weighted by molar-refractivity contribution is 7.92. The standard InChI is InChI=1S/C12H17BO4S/c1-12(2,3)11-7-8-6-9(13(14)15)4-5-10(8)18(11,16)17/h4-6,11,14-15H,7H2,1-3H3. The van der Waals surface area contributed by atoms with E-state index in [0.717, 1.165) is 0 Å². The van der Waals surface area contributed by atoms with Crippen LogP contribution in [0.15, 0.2) is 23.1 Å². The van der Waals surface area contributed by atoms with Gasteiger partial charge in [-0.25, -0.2) is 8.42 Å². The van der Waals surface area contributed by atoms with Gasteiger partial charge in [-0.15, -0.1) is 0 Å². The predicted molar refractivity (Wildman–Crippen MR) is 70.4 cm³/mol. The van der Waals surface area contributed by atoms with Crippen LogP contribution in [-0.4, -0.2) is 30.8 Å². The third-order valence-electron chi connectivity index (χ3n) is 3.44. The summed E-state index contributed by atoms with van der Waals surface area (Å²) in [7, 11) is -4.87. The molecule has 0 aromatic heterocycles. The summed E-state index contributed by atoms with van der Waals surface area (Å²) in [5.74, 6) is 0. The Morgan fingerprint density at radius 2 is 1.89 bits per heavy atom. The lowest BCUT2D eigenvalue weighted by molar-refractivity contribution is 0.381. The van der Waals surface area contributed by atoms with Crippen molar-refractivity contribution in [3.63, 3.8) is 0 Å². The van der Waals surface area contributed by atoms with Crippen molar-refractivity contribution in [2.24, 2.45) is 5.41 Å². The van der Waals surface area contributed by atoms with E-state index in [2.05, 4.69) is 0 Å². The van der Waals surface area contributed by atoms with Gasteiger partial charge >= 0.3 is 7.12 Å². The van der Waals surface area contributed by atoms with Crippen molar-refractivity contribution in [1.82, 2.24) is 0 Å². The van der Waals surface area contributed by atoms with Gasteiger partial charge in [-0.1, -0.05) is 32.9 Å². The van der Waals surface area contributed by atoms with Crippen molar-refractivity contribution >= 4 is 22.4 Å². The first kappa shape index (κ1) is 13.6. The van der Waals surface area contributed by atoms with Crippen LogP contribution >= 0.6 is 0 Å². The van der Waals surface area contributed by atoms with Crippen molar-refractivity contribution in [3.05, 3.63) is 23.8 Å². The van der Waals surface area contributed by atoms with E-state index in [4.69, 9.17) is 10.0 Å². The minimum absolute atomic E-state index is 0.326. The average Bonchev–Trinajstić information content (AvgIpc) is 2.49. The van der Waals surface area contributed by atoms with Crippen molar-refractivity contribution in [1.29, 1.82) is 0 Å². The lowest BCUT2D eigenvalue weighted by Crippen LogP contribution is -2.32. The van der Waals surface area contributed by atoms with Gasteiger partial charge in [0, 0.05) is 0 Å². The Balaban J connectivity index is 2.53. The molecule has 18 heavy (non-hydrogen) atoms. The summed E-state index contributed by atoms with van der Waals surface area (Å²) in [5, 5.41) is 17.8. The molecule has 1 aromatic rings. The fourth-order valence-electron chi connectivity index (χ4n) is 2.43. The molecular formula is C12H17BO4S. The summed E-state index contributed by atoms with van der Waals surface area (Å²) >= 11 is 0. The fourth-order valence-corrected chi connectivity index (χ4v) is 4.83. The molecule has 0 amide bonds. The molecule has 1 aliphatic rings. The van der Waals surface area contributed by atoms with E-state index in [9.17, 15) is 8.42 Å². The van der Waals surface area contributed by atoms with Crippen LogP contribution in [0, 0.1) is 5.41 Å². The summed E-state index contributed by atoms with van der Waals surface area (Å²) in [6.07, 6.45) is 0.432. The van der Waals surface area contributed by atoms with Crippen LogP contribution in [0.25, 0.3) is 0 Å². The van der Waals surface area contributed by atoms with E-state index in [1.165, 1.54) is 12.1 Å². The first-order chi connectivity index (χ1) is 8.14. The van der Waals surface area contributed by atoms with E-state index in [1.54, 1.807) is 6.07 Å². The first-order valence-corrected chi connectivity index (χ1v) is 7.41. The molecule has 1 heterocycles. The summed E-state index contributed by atoms with van der Waals surface area (Å²) in [5.41, 5.74) is 0.676. The van der Waals surface area contributed by atoms with Crippen LogP contribution in [0.5, 0.6) is 0 Å².